The maximum absolute atomic E-state index is 5.83. The first-order valence-corrected chi connectivity index (χ1v) is 6.72. The van der Waals surface area contributed by atoms with E-state index in [1.54, 1.807) is 0 Å². The van der Waals surface area contributed by atoms with E-state index in [-0.39, 0.29) is 6.04 Å². The molecule has 1 atom stereocenters. The molecule has 2 N–H and O–H groups in total. The van der Waals surface area contributed by atoms with Crippen molar-refractivity contribution < 1.29 is 0 Å². The number of hydrogen-bond donors (Lipinski definition) is 1. The summed E-state index contributed by atoms with van der Waals surface area (Å²) < 4.78 is 2.06. The molecule has 2 heterocycles. The highest BCUT2D eigenvalue weighted by Gasteiger charge is 2.08. The molecule has 4 nitrogen and oxygen atoms in total. The summed E-state index contributed by atoms with van der Waals surface area (Å²) in [5.74, 6) is 0. The summed E-state index contributed by atoms with van der Waals surface area (Å²) in [4.78, 5) is 8.87. The fraction of sp³-hybridized carbons (Fsp3) is 0.250. The topological polar surface area (TPSA) is 56.7 Å². The van der Waals surface area contributed by atoms with Crippen molar-refractivity contribution in [3.05, 3.63) is 53.6 Å². The highest BCUT2D eigenvalue weighted by Crippen LogP contribution is 2.21. The molecule has 0 radical (unpaired) electrons. The average Bonchev–Trinajstić information content (AvgIpc) is 2.82. The summed E-state index contributed by atoms with van der Waals surface area (Å²) in [6.45, 7) is 6.15. The quantitative estimate of drug-likeness (QED) is 0.775. The normalized spacial score (nSPS) is 12.8. The van der Waals surface area contributed by atoms with Crippen molar-refractivity contribution >= 4 is 11.0 Å². The van der Waals surface area contributed by atoms with Gasteiger partial charge in [-0.2, -0.15) is 0 Å². The minimum atomic E-state index is -0.0477. The number of nitrogens with two attached hydrogens (primary N) is 1. The third kappa shape index (κ3) is 2.08. The van der Waals surface area contributed by atoms with Crippen LogP contribution in [0.3, 0.4) is 0 Å². The van der Waals surface area contributed by atoms with Gasteiger partial charge in [0.2, 0.25) is 0 Å². The molecule has 3 aromatic rings. The summed E-state index contributed by atoms with van der Waals surface area (Å²) in [5, 5.41) is 0. The zero-order chi connectivity index (χ0) is 14.3. The predicted octanol–water partition coefficient (Wildman–Crippen LogP) is 3.06. The van der Waals surface area contributed by atoms with Gasteiger partial charge in [0.05, 0.1) is 28.6 Å². The molecule has 0 saturated carbocycles. The van der Waals surface area contributed by atoms with Crippen molar-refractivity contribution in [2.45, 2.75) is 26.8 Å². The molecule has 0 unspecified atom stereocenters. The fourth-order valence-corrected chi connectivity index (χ4v) is 2.28. The van der Waals surface area contributed by atoms with Crippen LogP contribution in [-0.2, 0) is 0 Å². The van der Waals surface area contributed by atoms with E-state index >= 15 is 0 Å². The van der Waals surface area contributed by atoms with E-state index in [2.05, 4.69) is 40.5 Å². The number of nitrogens with zero attached hydrogens (tertiary/aromatic N) is 3. The second kappa shape index (κ2) is 4.72. The van der Waals surface area contributed by atoms with E-state index in [0.717, 1.165) is 22.4 Å². The van der Waals surface area contributed by atoms with Crippen LogP contribution in [0.5, 0.6) is 0 Å². The third-order valence-corrected chi connectivity index (χ3v) is 3.68. The van der Waals surface area contributed by atoms with Gasteiger partial charge in [-0.15, -0.1) is 0 Å². The Labute approximate surface area is 118 Å². The van der Waals surface area contributed by atoms with Gasteiger partial charge in [0.15, 0.2) is 0 Å². The fourth-order valence-electron chi connectivity index (χ4n) is 2.28. The first-order chi connectivity index (χ1) is 9.56. The van der Waals surface area contributed by atoms with Gasteiger partial charge in [-0.3, -0.25) is 9.55 Å². The van der Waals surface area contributed by atoms with Crippen LogP contribution >= 0.6 is 0 Å². The second-order valence-electron chi connectivity index (χ2n) is 5.27. The van der Waals surface area contributed by atoms with Gasteiger partial charge in [-0.25, -0.2) is 4.98 Å². The smallest absolute Gasteiger partial charge is 0.100 e. The van der Waals surface area contributed by atoms with Gasteiger partial charge < -0.3 is 5.73 Å². The molecule has 0 spiro atoms. The number of fused-ring (bicyclic) bond motifs is 1. The zero-order valence-electron chi connectivity index (χ0n) is 12.0. The molecule has 0 aliphatic heterocycles. The number of imidazole rings is 1. The molecule has 0 amide bonds. The van der Waals surface area contributed by atoms with Crippen LogP contribution in [0.4, 0.5) is 0 Å². The molecular weight excluding hydrogens is 248 g/mol. The number of pyridine rings is 1. The van der Waals surface area contributed by atoms with Crippen molar-refractivity contribution in [3.63, 3.8) is 0 Å². The highest BCUT2D eigenvalue weighted by atomic mass is 15.1. The minimum Gasteiger partial charge on any atom is -0.323 e. The predicted molar refractivity (Wildman–Crippen MR) is 80.9 cm³/mol. The lowest BCUT2D eigenvalue weighted by Crippen LogP contribution is -2.07. The zero-order valence-corrected chi connectivity index (χ0v) is 12.0. The van der Waals surface area contributed by atoms with Gasteiger partial charge in [-0.05, 0) is 56.2 Å². The van der Waals surface area contributed by atoms with Crippen LogP contribution in [-0.4, -0.2) is 14.5 Å². The Morgan fingerprint density at radius 1 is 1.10 bits per heavy atom. The number of hydrogen-bond acceptors (Lipinski definition) is 3. The molecule has 102 valence electrons. The molecule has 1 aromatic carbocycles. The lowest BCUT2D eigenvalue weighted by Gasteiger charge is -2.08. The Bertz CT molecular complexity index is 754. The number of rotatable bonds is 2. The number of benzene rings is 1. The molecule has 0 aliphatic rings. The SMILES string of the molecule is Cc1cc2ncn(-c3ccc([C@@H](C)N)nc3)c2cc1C. The van der Waals surface area contributed by atoms with Gasteiger partial charge in [0.25, 0.3) is 0 Å². The Balaban J connectivity index is 2.12. The molecule has 0 aliphatic carbocycles. The largest absolute Gasteiger partial charge is 0.323 e. The minimum absolute atomic E-state index is 0.0477. The summed E-state index contributed by atoms with van der Waals surface area (Å²) in [6.07, 6.45) is 3.68. The maximum Gasteiger partial charge on any atom is 0.100 e. The average molecular weight is 266 g/mol. The van der Waals surface area contributed by atoms with E-state index in [0.29, 0.717) is 0 Å². The third-order valence-electron chi connectivity index (χ3n) is 3.68. The second-order valence-corrected chi connectivity index (χ2v) is 5.27. The van der Waals surface area contributed by atoms with Crippen molar-refractivity contribution in [3.8, 4) is 5.69 Å². The lowest BCUT2D eigenvalue weighted by molar-refractivity contribution is 0.779. The van der Waals surface area contributed by atoms with E-state index < -0.39 is 0 Å². The molecule has 0 saturated heterocycles. The summed E-state index contributed by atoms with van der Waals surface area (Å²) in [5.41, 5.74) is 12.3. The summed E-state index contributed by atoms with van der Waals surface area (Å²) >= 11 is 0. The van der Waals surface area contributed by atoms with Crippen LogP contribution in [0.25, 0.3) is 16.7 Å². The van der Waals surface area contributed by atoms with Crippen LogP contribution < -0.4 is 5.73 Å². The van der Waals surface area contributed by atoms with Gasteiger partial charge in [0, 0.05) is 6.04 Å². The van der Waals surface area contributed by atoms with Gasteiger partial charge >= 0.3 is 0 Å². The molecule has 0 bridgehead atoms. The molecular formula is C16H18N4. The monoisotopic (exact) mass is 266 g/mol. The first-order valence-electron chi connectivity index (χ1n) is 6.72. The number of aryl methyl sites for hydroxylation is 2. The standard InChI is InChI=1S/C16H18N4/c1-10-6-15-16(7-11(10)2)20(9-19-15)13-4-5-14(12(3)17)18-8-13/h4-9,12H,17H2,1-3H3/t12-/m1/s1. The molecule has 0 fully saturated rings. The molecule has 20 heavy (non-hydrogen) atoms. The van der Waals surface area contributed by atoms with Crippen molar-refractivity contribution in [1.29, 1.82) is 0 Å². The summed E-state index contributed by atoms with van der Waals surface area (Å²) in [7, 11) is 0. The summed E-state index contributed by atoms with van der Waals surface area (Å²) in [6, 6.07) is 8.23. The molecule has 2 aromatic heterocycles. The molecule has 3 rings (SSSR count). The van der Waals surface area contributed by atoms with Crippen LogP contribution in [0.2, 0.25) is 0 Å². The van der Waals surface area contributed by atoms with Crippen LogP contribution in [0.15, 0.2) is 36.8 Å². The van der Waals surface area contributed by atoms with E-state index in [4.69, 9.17) is 5.73 Å². The van der Waals surface area contributed by atoms with Gasteiger partial charge in [-0.1, -0.05) is 0 Å². The molecule has 4 heteroatoms. The van der Waals surface area contributed by atoms with E-state index in [9.17, 15) is 0 Å². The van der Waals surface area contributed by atoms with Crippen molar-refractivity contribution in [1.82, 2.24) is 14.5 Å². The highest BCUT2D eigenvalue weighted by molar-refractivity contribution is 5.79. The maximum atomic E-state index is 5.83. The lowest BCUT2D eigenvalue weighted by atomic mass is 10.1. The van der Waals surface area contributed by atoms with E-state index in [1.165, 1.54) is 11.1 Å². The van der Waals surface area contributed by atoms with Gasteiger partial charge in [0.1, 0.15) is 6.33 Å². The first kappa shape index (κ1) is 12.8. The van der Waals surface area contributed by atoms with Crippen LogP contribution in [0, 0.1) is 13.8 Å². The van der Waals surface area contributed by atoms with Crippen molar-refractivity contribution in [2.75, 3.05) is 0 Å². The van der Waals surface area contributed by atoms with Crippen molar-refractivity contribution in [2.24, 2.45) is 5.73 Å². The Morgan fingerprint density at radius 3 is 2.50 bits per heavy atom. The van der Waals surface area contributed by atoms with E-state index in [1.807, 2.05) is 31.6 Å². The number of aromatic nitrogens is 3. The Morgan fingerprint density at radius 2 is 1.85 bits per heavy atom. The Hall–Kier alpha value is -2.20. The van der Waals surface area contributed by atoms with Crippen LogP contribution in [0.1, 0.15) is 29.8 Å². The Kier molecular flexibility index (Phi) is 3.03.